The van der Waals surface area contributed by atoms with Crippen LogP contribution in [-0.2, 0) is 6.54 Å². The molecule has 0 aromatic heterocycles. The van der Waals surface area contributed by atoms with Crippen LogP contribution in [0.25, 0.3) is 0 Å². The van der Waals surface area contributed by atoms with E-state index in [9.17, 15) is 4.39 Å². The third kappa shape index (κ3) is 3.30. The van der Waals surface area contributed by atoms with Gasteiger partial charge in [-0.25, -0.2) is 4.39 Å². The Kier molecular flexibility index (Phi) is 4.33. The van der Waals surface area contributed by atoms with E-state index >= 15 is 0 Å². The largest absolute Gasteiger partial charge is 0.310 e. The molecule has 1 aromatic rings. The lowest BCUT2D eigenvalue weighted by molar-refractivity contribution is 0.299. The molecule has 1 N–H and O–H groups in total. The molecule has 18 heavy (non-hydrogen) atoms. The van der Waals surface area contributed by atoms with Crippen molar-refractivity contribution in [1.29, 1.82) is 5.26 Å². The Bertz CT molecular complexity index is 450. The minimum absolute atomic E-state index is 0.287. The third-order valence-corrected chi connectivity index (χ3v) is 3.70. The highest BCUT2D eigenvalue weighted by molar-refractivity contribution is 5.32. The molecule has 0 heterocycles. The average molecular weight is 246 g/mol. The molecule has 96 valence electrons. The first kappa shape index (κ1) is 13.0. The zero-order chi connectivity index (χ0) is 13.0. The van der Waals surface area contributed by atoms with Crippen LogP contribution in [0.2, 0.25) is 0 Å². The van der Waals surface area contributed by atoms with Gasteiger partial charge in [0.15, 0.2) is 0 Å². The van der Waals surface area contributed by atoms with Crippen LogP contribution in [0, 0.1) is 23.1 Å². The lowest BCUT2D eigenvalue weighted by Crippen LogP contribution is -2.33. The van der Waals surface area contributed by atoms with E-state index in [4.69, 9.17) is 5.26 Å². The van der Waals surface area contributed by atoms with Gasteiger partial charge in [-0.3, -0.25) is 0 Å². The van der Waals surface area contributed by atoms with Crippen molar-refractivity contribution >= 4 is 0 Å². The molecule has 1 saturated carbocycles. The molecule has 2 rings (SSSR count). The van der Waals surface area contributed by atoms with Gasteiger partial charge in [0.2, 0.25) is 0 Å². The fourth-order valence-electron chi connectivity index (χ4n) is 2.63. The van der Waals surface area contributed by atoms with E-state index in [-0.39, 0.29) is 5.82 Å². The maximum Gasteiger partial charge on any atom is 0.129 e. The SMILES string of the molecule is CC1CCCC(NCc2ccc(C#N)cc2F)C1. The molecular weight excluding hydrogens is 227 g/mol. The molecular formula is C15H19FN2. The maximum atomic E-state index is 13.7. The molecule has 2 atom stereocenters. The van der Waals surface area contributed by atoms with E-state index < -0.39 is 0 Å². The number of nitrogens with zero attached hydrogens (tertiary/aromatic N) is 1. The predicted octanol–water partition coefficient (Wildman–Crippen LogP) is 3.37. The summed E-state index contributed by atoms with van der Waals surface area (Å²) >= 11 is 0. The molecule has 0 bridgehead atoms. The van der Waals surface area contributed by atoms with Gasteiger partial charge in [-0.2, -0.15) is 5.26 Å². The molecule has 1 aliphatic rings. The second kappa shape index (κ2) is 5.97. The van der Waals surface area contributed by atoms with Crippen molar-refractivity contribution in [2.24, 2.45) is 5.92 Å². The van der Waals surface area contributed by atoms with Crippen LogP contribution in [0.5, 0.6) is 0 Å². The number of rotatable bonds is 3. The number of halogens is 1. The van der Waals surface area contributed by atoms with Crippen molar-refractivity contribution in [3.05, 3.63) is 35.1 Å². The zero-order valence-electron chi connectivity index (χ0n) is 10.7. The van der Waals surface area contributed by atoms with Crippen LogP contribution in [0.1, 0.15) is 43.7 Å². The number of benzene rings is 1. The third-order valence-electron chi connectivity index (χ3n) is 3.70. The highest BCUT2D eigenvalue weighted by Gasteiger charge is 2.18. The van der Waals surface area contributed by atoms with Crippen LogP contribution in [-0.4, -0.2) is 6.04 Å². The van der Waals surface area contributed by atoms with Gasteiger partial charge in [0.25, 0.3) is 0 Å². The van der Waals surface area contributed by atoms with Gasteiger partial charge in [0, 0.05) is 18.2 Å². The molecule has 2 nitrogen and oxygen atoms in total. The van der Waals surface area contributed by atoms with Crippen LogP contribution < -0.4 is 5.32 Å². The van der Waals surface area contributed by atoms with Crippen molar-refractivity contribution in [1.82, 2.24) is 5.32 Å². The summed E-state index contributed by atoms with van der Waals surface area (Å²) in [6.45, 7) is 2.82. The Morgan fingerprint density at radius 2 is 2.28 bits per heavy atom. The lowest BCUT2D eigenvalue weighted by Gasteiger charge is -2.27. The highest BCUT2D eigenvalue weighted by atomic mass is 19.1. The van der Waals surface area contributed by atoms with E-state index in [1.54, 1.807) is 12.1 Å². The quantitative estimate of drug-likeness (QED) is 0.887. The van der Waals surface area contributed by atoms with Gasteiger partial charge in [-0.1, -0.05) is 25.8 Å². The molecule has 2 unspecified atom stereocenters. The smallest absolute Gasteiger partial charge is 0.129 e. The first-order valence-corrected chi connectivity index (χ1v) is 6.61. The molecule has 1 aliphatic carbocycles. The van der Waals surface area contributed by atoms with Crippen molar-refractivity contribution in [2.45, 2.75) is 45.2 Å². The van der Waals surface area contributed by atoms with Crippen LogP contribution >= 0.6 is 0 Å². The van der Waals surface area contributed by atoms with Gasteiger partial charge < -0.3 is 5.32 Å². The van der Waals surface area contributed by atoms with E-state index in [1.165, 1.54) is 31.7 Å². The number of nitrogens with one attached hydrogen (secondary N) is 1. The van der Waals surface area contributed by atoms with Crippen LogP contribution in [0.15, 0.2) is 18.2 Å². The molecule has 0 spiro atoms. The monoisotopic (exact) mass is 246 g/mol. The summed E-state index contributed by atoms with van der Waals surface area (Å²) in [5.74, 6) is 0.479. The second-order valence-corrected chi connectivity index (χ2v) is 5.27. The Labute approximate surface area is 108 Å². The second-order valence-electron chi connectivity index (χ2n) is 5.27. The summed E-state index contributed by atoms with van der Waals surface area (Å²) in [5.41, 5.74) is 1.02. The minimum atomic E-state index is -0.287. The Morgan fingerprint density at radius 3 is 2.94 bits per heavy atom. The molecule has 0 amide bonds. The summed E-state index contributed by atoms with van der Waals surface area (Å²) < 4.78 is 13.7. The Morgan fingerprint density at radius 1 is 1.44 bits per heavy atom. The van der Waals surface area contributed by atoms with Crippen molar-refractivity contribution in [2.75, 3.05) is 0 Å². The van der Waals surface area contributed by atoms with Crippen molar-refractivity contribution < 1.29 is 4.39 Å². The normalized spacial score (nSPS) is 23.6. The van der Waals surface area contributed by atoms with Gasteiger partial charge >= 0.3 is 0 Å². The van der Waals surface area contributed by atoms with Gasteiger partial charge in [0.05, 0.1) is 11.6 Å². The molecule has 0 radical (unpaired) electrons. The summed E-state index contributed by atoms with van der Waals surface area (Å²) in [5, 5.41) is 12.1. The fourth-order valence-corrected chi connectivity index (χ4v) is 2.63. The number of hydrogen-bond donors (Lipinski definition) is 1. The minimum Gasteiger partial charge on any atom is -0.310 e. The molecule has 3 heteroatoms. The first-order valence-electron chi connectivity index (χ1n) is 6.61. The van der Waals surface area contributed by atoms with Gasteiger partial charge in [-0.15, -0.1) is 0 Å². The number of nitriles is 1. The van der Waals surface area contributed by atoms with E-state index in [0.29, 0.717) is 23.7 Å². The van der Waals surface area contributed by atoms with Gasteiger partial charge in [0.1, 0.15) is 5.82 Å². The van der Waals surface area contributed by atoms with E-state index in [0.717, 1.165) is 5.92 Å². The summed E-state index contributed by atoms with van der Waals surface area (Å²) in [6.07, 6.45) is 4.93. The lowest BCUT2D eigenvalue weighted by atomic mass is 9.87. The summed E-state index contributed by atoms with van der Waals surface area (Å²) in [7, 11) is 0. The molecule has 1 fully saturated rings. The van der Waals surface area contributed by atoms with E-state index in [1.807, 2.05) is 6.07 Å². The fraction of sp³-hybridized carbons (Fsp3) is 0.533. The summed E-state index contributed by atoms with van der Waals surface area (Å²) in [6, 6.07) is 7.13. The maximum absolute atomic E-state index is 13.7. The number of hydrogen-bond acceptors (Lipinski definition) is 2. The zero-order valence-corrected chi connectivity index (χ0v) is 10.7. The van der Waals surface area contributed by atoms with Crippen LogP contribution in [0.3, 0.4) is 0 Å². The van der Waals surface area contributed by atoms with Crippen LogP contribution in [0.4, 0.5) is 4.39 Å². The topological polar surface area (TPSA) is 35.8 Å². The summed E-state index contributed by atoms with van der Waals surface area (Å²) in [4.78, 5) is 0. The van der Waals surface area contributed by atoms with Gasteiger partial charge in [-0.05, 0) is 30.9 Å². The van der Waals surface area contributed by atoms with Crippen molar-refractivity contribution in [3.8, 4) is 6.07 Å². The molecule has 0 saturated heterocycles. The van der Waals surface area contributed by atoms with E-state index in [2.05, 4.69) is 12.2 Å². The molecule has 0 aliphatic heterocycles. The average Bonchev–Trinajstić information content (AvgIpc) is 2.37. The Hall–Kier alpha value is -1.40. The highest BCUT2D eigenvalue weighted by Crippen LogP contribution is 2.23. The predicted molar refractivity (Wildman–Crippen MR) is 69.4 cm³/mol. The standard InChI is InChI=1S/C15H19FN2/c1-11-3-2-4-14(7-11)18-10-13-6-5-12(9-17)8-15(13)16/h5-6,8,11,14,18H,2-4,7,10H2,1H3. The van der Waals surface area contributed by atoms with Crippen molar-refractivity contribution in [3.63, 3.8) is 0 Å². The molecule has 1 aromatic carbocycles. The first-order chi connectivity index (χ1) is 8.69. The Balaban J connectivity index is 1.92.